The molecule has 5 heteroatoms. The molecular weight excluding hydrogens is 240 g/mol. The van der Waals surface area contributed by atoms with Gasteiger partial charge in [-0.3, -0.25) is 4.79 Å². The molecule has 0 bridgehead atoms. The van der Waals surface area contributed by atoms with Gasteiger partial charge in [0.15, 0.2) is 0 Å². The number of nitrogens with two attached hydrogens (primary N) is 1. The molecule has 5 nitrogen and oxygen atoms in total. The average Bonchev–Trinajstić information content (AvgIpc) is 2.37. The van der Waals surface area contributed by atoms with Gasteiger partial charge in [-0.15, -0.1) is 0 Å². The maximum Gasteiger partial charge on any atom is 0.236 e. The molecule has 1 amide bonds. The van der Waals surface area contributed by atoms with Crippen molar-refractivity contribution in [1.82, 2.24) is 10.3 Å². The van der Waals surface area contributed by atoms with Crippen LogP contribution < -0.4 is 16.0 Å². The van der Waals surface area contributed by atoms with E-state index in [1.165, 1.54) is 0 Å². The quantitative estimate of drug-likeness (QED) is 0.692. The third-order valence-electron chi connectivity index (χ3n) is 2.89. The predicted molar refractivity (Wildman–Crippen MR) is 78.1 cm³/mol. The Labute approximate surface area is 115 Å². The van der Waals surface area contributed by atoms with Crippen LogP contribution in [0.25, 0.3) is 0 Å². The molecule has 0 saturated heterocycles. The van der Waals surface area contributed by atoms with Gasteiger partial charge < -0.3 is 16.0 Å². The van der Waals surface area contributed by atoms with Gasteiger partial charge in [0.05, 0.1) is 6.54 Å². The first-order chi connectivity index (χ1) is 9.08. The third kappa shape index (κ3) is 4.87. The van der Waals surface area contributed by atoms with Crippen molar-refractivity contribution in [2.75, 3.05) is 24.5 Å². The lowest BCUT2D eigenvalue weighted by Crippen LogP contribution is -2.34. The number of rotatable bonds is 8. The van der Waals surface area contributed by atoms with Crippen LogP contribution in [0.1, 0.15) is 31.4 Å². The van der Waals surface area contributed by atoms with Crippen LogP contribution in [0.15, 0.2) is 12.3 Å². The highest BCUT2D eigenvalue weighted by molar-refractivity contribution is 5.79. The number of aromatic nitrogens is 1. The van der Waals surface area contributed by atoms with Crippen molar-refractivity contribution in [3.05, 3.63) is 23.4 Å². The molecule has 0 aliphatic heterocycles. The Balaban J connectivity index is 2.77. The fourth-order valence-corrected chi connectivity index (χ4v) is 1.99. The number of hydrogen-bond donors (Lipinski definition) is 2. The molecule has 3 N–H and O–H groups in total. The molecular formula is C14H24N4O. The number of carbonyl (C=O) groups excluding carboxylic acids is 1. The maximum atomic E-state index is 11.0. The number of amides is 1. The number of nitrogens with zero attached hydrogens (tertiary/aromatic N) is 2. The summed E-state index contributed by atoms with van der Waals surface area (Å²) in [5, 5.41) is 3.35. The summed E-state index contributed by atoms with van der Waals surface area (Å²) in [5.74, 6) is 0.497. The SMILES string of the molecule is CCCNCc1cnc(N(CC)CC(N)=O)c(C)c1. The van der Waals surface area contributed by atoms with Crippen LogP contribution in [0.5, 0.6) is 0 Å². The minimum Gasteiger partial charge on any atom is -0.368 e. The van der Waals surface area contributed by atoms with E-state index in [0.29, 0.717) is 6.54 Å². The highest BCUT2D eigenvalue weighted by Gasteiger charge is 2.11. The van der Waals surface area contributed by atoms with Crippen LogP contribution in [-0.4, -0.2) is 30.5 Å². The van der Waals surface area contributed by atoms with Crippen LogP contribution in [0.3, 0.4) is 0 Å². The molecule has 106 valence electrons. The number of anilines is 1. The minimum absolute atomic E-state index is 0.206. The molecule has 0 saturated carbocycles. The monoisotopic (exact) mass is 264 g/mol. The lowest BCUT2D eigenvalue weighted by molar-refractivity contribution is -0.116. The van der Waals surface area contributed by atoms with Gasteiger partial charge in [0.2, 0.25) is 5.91 Å². The summed E-state index contributed by atoms with van der Waals surface area (Å²) >= 11 is 0. The molecule has 19 heavy (non-hydrogen) atoms. The summed E-state index contributed by atoms with van der Waals surface area (Å²) in [7, 11) is 0. The molecule has 1 rings (SSSR count). The number of likely N-dealkylation sites (N-methyl/N-ethyl adjacent to an activating group) is 1. The van der Waals surface area contributed by atoms with Gasteiger partial charge in [0, 0.05) is 19.3 Å². The van der Waals surface area contributed by atoms with E-state index in [1.807, 2.05) is 24.9 Å². The maximum absolute atomic E-state index is 11.0. The van der Waals surface area contributed by atoms with Crippen molar-refractivity contribution in [3.63, 3.8) is 0 Å². The van der Waals surface area contributed by atoms with Gasteiger partial charge in [0.25, 0.3) is 0 Å². The lowest BCUT2D eigenvalue weighted by atomic mass is 10.2. The second-order valence-electron chi connectivity index (χ2n) is 4.64. The molecule has 1 heterocycles. The topological polar surface area (TPSA) is 71.2 Å². The zero-order valence-corrected chi connectivity index (χ0v) is 12.1. The first-order valence-corrected chi connectivity index (χ1v) is 6.78. The van der Waals surface area contributed by atoms with E-state index < -0.39 is 0 Å². The second kappa shape index (κ2) is 7.74. The summed E-state index contributed by atoms with van der Waals surface area (Å²) in [6.07, 6.45) is 2.97. The van der Waals surface area contributed by atoms with Crippen LogP contribution in [0.2, 0.25) is 0 Å². The Morgan fingerprint density at radius 1 is 1.47 bits per heavy atom. The first-order valence-electron chi connectivity index (χ1n) is 6.78. The van der Waals surface area contributed by atoms with Gasteiger partial charge in [-0.2, -0.15) is 0 Å². The third-order valence-corrected chi connectivity index (χ3v) is 2.89. The van der Waals surface area contributed by atoms with Crippen LogP contribution >= 0.6 is 0 Å². The standard InChI is InChI=1S/C14H24N4O/c1-4-6-16-8-12-7-11(3)14(17-9-12)18(5-2)10-13(15)19/h7,9,16H,4-6,8,10H2,1-3H3,(H2,15,19). The van der Waals surface area contributed by atoms with Crippen molar-refractivity contribution in [2.24, 2.45) is 5.73 Å². The summed E-state index contributed by atoms with van der Waals surface area (Å²) in [6.45, 7) is 8.88. The molecule has 0 fully saturated rings. The van der Waals surface area contributed by atoms with E-state index in [9.17, 15) is 4.79 Å². The van der Waals surface area contributed by atoms with E-state index in [-0.39, 0.29) is 12.5 Å². The molecule has 0 atom stereocenters. The number of hydrogen-bond acceptors (Lipinski definition) is 4. The van der Waals surface area contributed by atoms with Crippen molar-refractivity contribution < 1.29 is 4.79 Å². The number of aryl methyl sites for hydroxylation is 1. The Morgan fingerprint density at radius 3 is 2.74 bits per heavy atom. The van der Waals surface area contributed by atoms with Crippen LogP contribution in [0, 0.1) is 6.92 Å². The Bertz CT molecular complexity index is 420. The second-order valence-corrected chi connectivity index (χ2v) is 4.64. The van der Waals surface area contributed by atoms with E-state index in [0.717, 1.165) is 36.5 Å². The van der Waals surface area contributed by atoms with Crippen molar-refractivity contribution in [3.8, 4) is 0 Å². The van der Waals surface area contributed by atoms with Gasteiger partial charge in [0.1, 0.15) is 5.82 Å². The molecule has 0 aliphatic rings. The van der Waals surface area contributed by atoms with Crippen molar-refractivity contribution >= 4 is 11.7 Å². The molecule has 0 unspecified atom stereocenters. The fraction of sp³-hybridized carbons (Fsp3) is 0.571. The average molecular weight is 264 g/mol. The van der Waals surface area contributed by atoms with Crippen LogP contribution in [-0.2, 0) is 11.3 Å². The largest absolute Gasteiger partial charge is 0.368 e. The highest BCUT2D eigenvalue weighted by Crippen LogP contribution is 2.17. The normalized spacial score (nSPS) is 10.5. The first kappa shape index (κ1) is 15.4. The smallest absolute Gasteiger partial charge is 0.236 e. The van der Waals surface area contributed by atoms with Gasteiger partial charge in [-0.05, 0) is 44.0 Å². The Kier molecular flexibility index (Phi) is 6.29. The molecule has 0 aliphatic carbocycles. The van der Waals surface area contributed by atoms with E-state index in [2.05, 4.69) is 23.3 Å². The van der Waals surface area contributed by atoms with E-state index in [4.69, 9.17) is 5.73 Å². The zero-order chi connectivity index (χ0) is 14.3. The van der Waals surface area contributed by atoms with E-state index >= 15 is 0 Å². The molecule has 1 aromatic rings. The van der Waals surface area contributed by atoms with Gasteiger partial charge in [-0.1, -0.05) is 6.92 Å². The predicted octanol–water partition coefficient (Wildman–Crippen LogP) is 1.20. The summed E-state index contributed by atoms with van der Waals surface area (Å²) < 4.78 is 0. The number of pyridine rings is 1. The van der Waals surface area contributed by atoms with Crippen LogP contribution in [0.4, 0.5) is 5.82 Å². The molecule has 1 aromatic heterocycles. The van der Waals surface area contributed by atoms with Gasteiger partial charge >= 0.3 is 0 Å². The number of nitrogens with one attached hydrogen (secondary N) is 1. The van der Waals surface area contributed by atoms with E-state index in [1.54, 1.807) is 0 Å². The summed E-state index contributed by atoms with van der Waals surface area (Å²) in [6, 6.07) is 2.11. The van der Waals surface area contributed by atoms with Crippen molar-refractivity contribution in [1.29, 1.82) is 0 Å². The Morgan fingerprint density at radius 2 is 2.21 bits per heavy atom. The minimum atomic E-state index is -0.336. The molecule has 0 radical (unpaired) electrons. The molecule has 0 spiro atoms. The zero-order valence-electron chi connectivity index (χ0n) is 12.1. The Hall–Kier alpha value is -1.62. The summed E-state index contributed by atoms with van der Waals surface area (Å²) in [5.41, 5.74) is 7.47. The lowest BCUT2D eigenvalue weighted by Gasteiger charge is -2.22. The number of carbonyl (C=O) groups is 1. The van der Waals surface area contributed by atoms with Crippen molar-refractivity contribution in [2.45, 2.75) is 33.7 Å². The van der Waals surface area contributed by atoms with Gasteiger partial charge in [-0.25, -0.2) is 4.98 Å². The molecule has 0 aromatic carbocycles. The number of primary amides is 1. The highest BCUT2D eigenvalue weighted by atomic mass is 16.1. The fourth-order valence-electron chi connectivity index (χ4n) is 1.99. The summed E-state index contributed by atoms with van der Waals surface area (Å²) in [4.78, 5) is 17.4.